The highest BCUT2D eigenvalue weighted by atomic mass is 19.4. The Hall–Kier alpha value is -1.76. The molecule has 2 heterocycles. The first kappa shape index (κ1) is 18.0. The number of nitrogens with zero attached hydrogens (tertiary/aromatic N) is 2. The molecule has 0 bridgehead atoms. The number of alkyl halides is 3. The van der Waals surface area contributed by atoms with Gasteiger partial charge in [-0.1, -0.05) is 6.07 Å². The fourth-order valence-electron chi connectivity index (χ4n) is 3.68. The summed E-state index contributed by atoms with van der Waals surface area (Å²) in [6, 6.07) is 5.76. The monoisotopic (exact) mass is 355 g/mol. The number of piperidine rings is 1. The molecule has 4 nitrogen and oxygen atoms in total. The average molecular weight is 355 g/mol. The van der Waals surface area contributed by atoms with Crippen molar-refractivity contribution in [2.75, 3.05) is 37.6 Å². The van der Waals surface area contributed by atoms with Crippen molar-refractivity contribution in [2.24, 2.45) is 5.92 Å². The molecule has 138 valence electrons. The van der Waals surface area contributed by atoms with Gasteiger partial charge in [-0.25, -0.2) is 0 Å². The predicted molar refractivity (Wildman–Crippen MR) is 90.4 cm³/mol. The van der Waals surface area contributed by atoms with Gasteiger partial charge in [-0.2, -0.15) is 13.2 Å². The number of carbonyl (C=O) groups excluding carboxylic acids is 1. The molecule has 3 rings (SSSR count). The van der Waals surface area contributed by atoms with Crippen LogP contribution in [0.1, 0.15) is 25.3 Å². The minimum absolute atomic E-state index is 0.0661. The molecule has 25 heavy (non-hydrogen) atoms. The van der Waals surface area contributed by atoms with Gasteiger partial charge in [0.25, 0.3) is 0 Å². The lowest BCUT2D eigenvalue weighted by atomic mass is 9.92. The van der Waals surface area contributed by atoms with Gasteiger partial charge in [-0.3, -0.25) is 4.79 Å². The summed E-state index contributed by atoms with van der Waals surface area (Å²) in [5.41, 5.74) is -0.0652. The standard InChI is InChI=1S/C18H24F3N3O/c1-13-11-14(5-6-22-13)17(25)24-9-7-23(8-10-24)16-4-2-3-15(12-16)18(19,20)21/h2-4,12-14,22H,5-11H2,1H3/t13-,14-/m0/s1. The average Bonchev–Trinajstić information content (AvgIpc) is 2.61. The molecule has 1 N–H and O–H groups in total. The topological polar surface area (TPSA) is 35.6 Å². The van der Waals surface area contributed by atoms with E-state index in [9.17, 15) is 18.0 Å². The van der Waals surface area contributed by atoms with Crippen molar-refractivity contribution in [3.63, 3.8) is 0 Å². The summed E-state index contributed by atoms with van der Waals surface area (Å²) in [6.45, 7) is 5.20. The number of anilines is 1. The Morgan fingerprint density at radius 2 is 1.92 bits per heavy atom. The fraction of sp³-hybridized carbons (Fsp3) is 0.611. The van der Waals surface area contributed by atoms with Gasteiger partial charge >= 0.3 is 6.18 Å². The minimum atomic E-state index is -4.33. The molecule has 1 aromatic carbocycles. The SMILES string of the molecule is C[C@H]1C[C@@H](C(=O)N2CCN(c3cccc(C(F)(F)F)c3)CC2)CCN1. The number of halogens is 3. The van der Waals surface area contributed by atoms with Crippen molar-refractivity contribution in [3.8, 4) is 0 Å². The molecule has 0 aromatic heterocycles. The third kappa shape index (κ3) is 4.26. The van der Waals surface area contributed by atoms with Crippen molar-refractivity contribution in [1.29, 1.82) is 0 Å². The molecule has 7 heteroatoms. The summed E-state index contributed by atoms with van der Waals surface area (Å²) in [6.07, 6.45) is -2.62. The predicted octanol–water partition coefficient (Wildman–Crippen LogP) is 2.74. The largest absolute Gasteiger partial charge is 0.416 e. The maximum Gasteiger partial charge on any atom is 0.416 e. The molecule has 0 aliphatic carbocycles. The third-order valence-electron chi connectivity index (χ3n) is 5.10. The Balaban J connectivity index is 1.59. The second-order valence-electron chi connectivity index (χ2n) is 6.94. The van der Waals surface area contributed by atoms with Crippen molar-refractivity contribution >= 4 is 11.6 Å². The van der Waals surface area contributed by atoms with Crippen LogP contribution in [0.2, 0.25) is 0 Å². The molecule has 2 saturated heterocycles. The van der Waals surface area contributed by atoms with Gasteiger partial charge in [-0.05, 0) is 44.5 Å². The molecule has 2 fully saturated rings. The molecule has 2 aliphatic heterocycles. The van der Waals surface area contributed by atoms with Gasteiger partial charge in [0, 0.05) is 43.8 Å². The highest BCUT2D eigenvalue weighted by Gasteiger charge is 2.32. The summed E-state index contributed by atoms with van der Waals surface area (Å²) in [4.78, 5) is 16.4. The lowest BCUT2D eigenvalue weighted by Crippen LogP contribution is -2.52. The number of carbonyl (C=O) groups is 1. The first-order valence-corrected chi connectivity index (χ1v) is 8.79. The number of amides is 1. The van der Waals surface area contributed by atoms with Crippen molar-refractivity contribution in [1.82, 2.24) is 10.2 Å². The number of piperazine rings is 1. The van der Waals surface area contributed by atoms with Gasteiger partial charge in [0.15, 0.2) is 0 Å². The first-order chi connectivity index (χ1) is 11.8. The normalized spacial score (nSPS) is 25.1. The third-order valence-corrected chi connectivity index (χ3v) is 5.10. The molecule has 0 saturated carbocycles. The zero-order valence-corrected chi connectivity index (χ0v) is 14.4. The first-order valence-electron chi connectivity index (χ1n) is 8.79. The minimum Gasteiger partial charge on any atom is -0.368 e. The molecule has 1 amide bonds. The van der Waals surface area contributed by atoms with E-state index in [1.54, 1.807) is 6.07 Å². The second kappa shape index (κ2) is 7.23. The van der Waals surface area contributed by atoms with Crippen LogP contribution >= 0.6 is 0 Å². The zero-order valence-electron chi connectivity index (χ0n) is 14.4. The van der Waals surface area contributed by atoms with Crippen LogP contribution in [-0.4, -0.2) is 49.6 Å². The van der Waals surface area contributed by atoms with E-state index in [0.717, 1.165) is 25.5 Å². The van der Waals surface area contributed by atoms with E-state index in [-0.39, 0.29) is 11.8 Å². The van der Waals surface area contributed by atoms with Gasteiger partial charge in [0.1, 0.15) is 0 Å². The fourth-order valence-corrected chi connectivity index (χ4v) is 3.68. The van der Waals surface area contributed by atoms with Crippen molar-refractivity contribution in [3.05, 3.63) is 29.8 Å². The quantitative estimate of drug-likeness (QED) is 0.886. The number of rotatable bonds is 2. The van der Waals surface area contributed by atoms with Crippen LogP contribution in [0, 0.1) is 5.92 Å². The highest BCUT2D eigenvalue weighted by Crippen LogP contribution is 2.32. The Labute approximate surface area is 146 Å². The Kier molecular flexibility index (Phi) is 5.22. The number of benzene rings is 1. The zero-order chi connectivity index (χ0) is 18.0. The van der Waals surface area contributed by atoms with Gasteiger partial charge in [0.05, 0.1) is 5.56 Å². The van der Waals surface area contributed by atoms with Crippen molar-refractivity contribution < 1.29 is 18.0 Å². The molecule has 0 radical (unpaired) electrons. The van der Waals surface area contributed by atoms with E-state index >= 15 is 0 Å². The number of hydrogen-bond donors (Lipinski definition) is 1. The van der Waals surface area contributed by atoms with Crippen LogP contribution in [-0.2, 0) is 11.0 Å². The lowest BCUT2D eigenvalue weighted by molar-refractivity contribution is -0.137. The summed E-state index contributed by atoms with van der Waals surface area (Å²) in [7, 11) is 0. The Morgan fingerprint density at radius 3 is 2.56 bits per heavy atom. The van der Waals surface area contributed by atoms with Gasteiger partial charge in [0.2, 0.25) is 5.91 Å². The molecular formula is C18H24F3N3O. The Morgan fingerprint density at radius 1 is 1.20 bits per heavy atom. The number of hydrogen-bond acceptors (Lipinski definition) is 3. The molecule has 1 aromatic rings. The highest BCUT2D eigenvalue weighted by molar-refractivity contribution is 5.79. The Bertz CT molecular complexity index is 612. The van der Waals surface area contributed by atoms with Crippen molar-refractivity contribution in [2.45, 2.75) is 32.0 Å². The van der Waals surface area contributed by atoms with Gasteiger partial charge in [-0.15, -0.1) is 0 Å². The van der Waals surface area contributed by atoms with Crippen LogP contribution in [0.3, 0.4) is 0 Å². The summed E-state index contributed by atoms with van der Waals surface area (Å²) >= 11 is 0. The maximum atomic E-state index is 12.9. The summed E-state index contributed by atoms with van der Waals surface area (Å²) in [5.74, 6) is 0.258. The molecular weight excluding hydrogens is 331 g/mol. The van der Waals surface area contributed by atoms with Crippen LogP contribution in [0.25, 0.3) is 0 Å². The molecule has 0 spiro atoms. The van der Waals surface area contributed by atoms with E-state index in [0.29, 0.717) is 37.9 Å². The summed E-state index contributed by atoms with van der Waals surface area (Å²) in [5, 5.41) is 3.34. The van der Waals surface area contributed by atoms with E-state index in [1.165, 1.54) is 12.1 Å². The van der Waals surface area contributed by atoms with E-state index in [4.69, 9.17) is 0 Å². The van der Waals surface area contributed by atoms with Crippen LogP contribution in [0.4, 0.5) is 18.9 Å². The molecule has 2 aliphatic rings. The van der Waals surface area contributed by atoms with Gasteiger partial charge < -0.3 is 15.1 Å². The maximum absolute atomic E-state index is 12.9. The van der Waals surface area contributed by atoms with Crippen LogP contribution in [0.15, 0.2) is 24.3 Å². The molecule has 2 atom stereocenters. The summed E-state index contributed by atoms with van der Waals surface area (Å²) < 4.78 is 38.6. The van der Waals surface area contributed by atoms with Crippen LogP contribution < -0.4 is 10.2 Å². The van der Waals surface area contributed by atoms with Crippen LogP contribution in [0.5, 0.6) is 0 Å². The molecule has 0 unspecified atom stereocenters. The second-order valence-corrected chi connectivity index (χ2v) is 6.94. The van der Waals surface area contributed by atoms with E-state index in [2.05, 4.69) is 12.2 Å². The van der Waals surface area contributed by atoms with E-state index in [1.807, 2.05) is 9.80 Å². The smallest absolute Gasteiger partial charge is 0.368 e. The van der Waals surface area contributed by atoms with E-state index < -0.39 is 11.7 Å². The number of nitrogens with one attached hydrogen (secondary N) is 1. The lowest BCUT2D eigenvalue weighted by Gasteiger charge is -2.39.